The summed E-state index contributed by atoms with van der Waals surface area (Å²) in [4.78, 5) is 44.5. The second kappa shape index (κ2) is 50.2. The Balaban J connectivity index is 0.000000397. The molecule has 4 aliphatic heterocycles. The van der Waals surface area contributed by atoms with Gasteiger partial charge in [-0.1, -0.05) is 82.6 Å². The summed E-state index contributed by atoms with van der Waals surface area (Å²) in [6, 6.07) is 15.6. The highest BCUT2D eigenvalue weighted by Crippen LogP contribution is 2.50. The summed E-state index contributed by atoms with van der Waals surface area (Å²) in [6.45, 7) is 5.53. The molecule has 0 unspecified atom stereocenters. The van der Waals surface area contributed by atoms with Gasteiger partial charge in [0.25, 0.3) is 11.9 Å². The summed E-state index contributed by atoms with van der Waals surface area (Å²) in [7, 11) is 1.74. The number of amidine groups is 2. The number of benzene rings is 3. The molecule has 105 heavy (non-hydrogen) atoms. The van der Waals surface area contributed by atoms with Gasteiger partial charge in [0.2, 0.25) is 0 Å². The molecule has 0 radical (unpaired) electrons. The minimum Gasteiger partial charge on any atom is -0.481 e. The van der Waals surface area contributed by atoms with Gasteiger partial charge in [-0.15, -0.1) is 18.8 Å². The summed E-state index contributed by atoms with van der Waals surface area (Å²) in [5.41, 5.74) is 10.4. The number of halogens is 6. The van der Waals surface area contributed by atoms with Crippen LogP contribution in [0.2, 0.25) is 0 Å². The Morgan fingerprint density at radius 1 is 0.619 bits per heavy atom. The molecule has 22 heteroatoms. The second-order valence-corrected chi connectivity index (χ2v) is 22.3. The molecule has 6 N–H and O–H groups in total. The van der Waals surface area contributed by atoms with Crippen LogP contribution in [-0.2, 0) is 37.2 Å². The van der Waals surface area contributed by atoms with Gasteiger partial charge >= 0.3 is 0 Å². The molecule has 2 fully saturated rings. The monoisotopic (exact) mass is 1510 g/mol. The molecule has 0 spiro atoms. The Morgan fingerprint density at radius 3 is 1.38 bits per heavy atom. The predicted molar refractivity (Wildman–Crippen MR) is 406 cm³/mol. The number of nitrogens with two attached hydrogens (primary N) is 2. The Morgan fingerprint density at radius 2 is 1.00 bits per heavy atom. The number of aliphatic carboxylic acids is 1. The average molecular weight is 1510 g/mol. The third-order valence-corrected chi connectivity index (χ3v) is 15.3. The number of carboxylic acids is 1. The van der Waals surface area contributed by atoms with Crippen LogP contribution in [0, 0.1) is 272 Å². The van der Waals surface area contributed by atoms with E-state index >= 15 is 0 Å². The number of nitrogens with one attached hydrogen (secondary N) is 1. The van der Waals surface area contributed by atoms with Crippen LogP contribution < -0.4 is 16.8 Å². The van der Waals surface area contributed by atoms with Crippen LogP contribution in [-0.4, -0.2) is 90.8 Å². The van der Waals surface area contributed by atoms with Crippen LogP contribution in [0.5, 0.6) is 0 Å². The van der Waals surface area contributed by atoms with Gasteiger partial charge in [-0.05, 0) is 145 Å². The van der Waals surface area contributed by atoms with Crippen molar-refractivity contribution in [3.8, 4) is 237 Å². The number of aliphatic imine (C=N–C) groups is 2. The van der Waals surface area contributed by atoms with Gasteiger partial charge in [0, 0.05) is 196 Å². The van der Waals surface area contributed by atoms with Gasteiger partial charge in [-0.3, -0.25) is 14.4 Å². The lowest BCUT2D eigenvalue weighted by atomic mass is 9.74. The number of hydrogen-bond donors (Lipinski definition) is 4. The summed E-state index contributed by atoms with van der Waals surface area (Å²) in [5, 5.41) is 19.5. The fourth-order valence-corrected chi connectivity index (χ4v) is 11.2. The fourth-order valence-electron chi connectivity index (χ4n) is 8.64. The fraction of sp³-hybridized carbons (Fsp3) is 0.217. The number of rotatable bonds is 6. The van der Waals surface area contributed by atoms with E-state index in [-0.39, 0.29) is 66.1 Å². The standard InChI is InChI=1S/C41H4.C22H19BrF2N2O3S.C16H17F2N5OS.C2H7N.C2H4O2.ClH/c1-3-5-7-9-11-13-15-17-19-21-23-25-27-29-31-33-35-37-39-41-40-38-36-34-32-30-28-26-24-22-20-18-16-14-12-10-8-6-4-2;23-10-18(28)19-8-14-11-31-21(26-20(29)13-4-2-1-3-5-13)27-22(14,12-30-19)16-7-6-15(24)9-17(16)25;1-23-20-6-13(22-23)14-4-9-7-25-15(19)21-16(9,8-24-14)11-3-2-10(17)5-12(11)18;1-2-3;1-2(3)4;/h1H,2H3;1-7,9,14,19H,8,10-12H2,(H,26,27,29);2-3,5-6,9,14H,4,7-8H2,1H3,(H2,19,21);2-3H2,1H3;1H3,(H,3,4);1H/t;14-,19+,22-;9-,14+,16-;;;/m.00.../s1. The molecule has 3 aromatic carbocycles. The number of carbonyl (C=O) groups excluding carboxylic acids is 2. The van der Waals surface area contributed by atoms with E-state index in [1.165, 1.54) is 52.6 Å². The molecule has 0 bridgehead atoms. The van der Waals surface area contributed by atoms with Crippen molar-refractivity contribution in [2.45, 2.75) is 56.9 Å². The van der Waals surface area contributed by atoms with Crippen molar-refractivity contribution in [2.24, 2.45) is 40.3 Å². The lowest BCUT2D eigenvalue weighted by molar-refractivity contribution is -0.137. The highest BCUT2D eigenvalue weighted by atomic mass is 79.9. The molecule has 0 aliphatic carbocycles. The maximum absolute atomic E-state index is 14.8. The van der Waals surface area contributed by atoms with E-state index in [1.54, 1.807) is 44.4 Å². The minimum absolute atomic E-state index is 0. The average Bonchev–Trinajstić information content (AvgIpc) is 1.42. The number of terminal acetylenes is 1. The van der Waals surface area contributed by atoms with Gasteiger partial charge in [0.15, 0.2) is 16.1 Å². The van der Waals surface area contributed by atoms with E-state index in [0.717, 1.165) is 31.3 Å². The molecule has 14 nitrogen and oxygen atoms in total. The van der Waals surface area contributed by atoms with E-state index in [2.05, 4.69) is 267 Å². The summed E-state index contributed by atoms with van der Waals surface area (Å²) < 4.78 is 68.1. The first-order chi connectivity index (χ1) is 50.5. The topological polar surface area (TPSA) is 209 Å². The Labute approximate surface area is 632 Å². The number of carbonyl (C=O) groups is 3. The molecule has 6 atom stereocenters. The van der Waals surface area contributed by atoms with Crippen molar-refractivity contribution in [1.82, 2.24) is 20.3 Å². The van der Waals surface area contributed by atoms with E-state index in [1.807, 2.05) is 13.0 Å². The van der Waals surface area contributed by atoms with E-state index < -0.39 is 46.4 Å². The number of aromatic nitrogens is 3. The Hall–Kier alpha value is -13.2. The number of alkyl halides is 1. The number of Topliss-reactive ketones (excluding diaryl/α,β-unsaturated/α-hetero) is 1. The molecule has 4 aromatic rings. The molecular weight excluding hydrogens is 1460 g/mol. The molecule has 5 heterocycles. The zero-order chi connectivity index (χ0) is 75.5. The molecule has 1 amide bonds. The van der Waals surface area contributed by atoms with Crippen LogP contribution in [0.3, 0.4) is 0 Å². The van der Waals surface area contributed by atoms with E-state index in [9.17, 15) is 27.2 Å². The normalized spacial score (nSPS) is 16.4. The number of carboxylic acid groups (broad SMARTS) is 1. The maximum atomic E-state index is 14.8. The SMILES string of the molecule is C#CC#CC#CC#CC#CC#CC#CC#CC#CC#CC#CC#CC#CC#CC#CC#CC#CC#CC#CC#CC.CC(=O)O.CCN.Cl.Cn1ncc([C@H]2C[C@H]3CSC(N)=N[C@@]3(c3ccc(F)cc3F)CO2)n1.O=C(NC1=N[C@@]2(c3ccc(F)cc3F)CO[C@@H](C(=O)CBr)C[C@H]2CS1)c1ccccc1. The number of ketones is 1. The Bertz CT molecular complexity index is 5370. The number of amides is 1. The maximum Gasteiger partial charge on any atom is 0.300 e. The van der Waals surface area contributed by atoms with Gasteiger partial charge < -0.3 is 31.4 Å². The number of aryl methyl sites for hydroxylation is 1. The quantitative estimate of drug-likeness (QED) is 0.0848. The van der Waals surface area contributed by atoms with Crippen LogP contribution in [0.4, 0.5) is 17.6 Å². The van der Waals surface area contributed by atoms with Crippen molar-refractivity contribution in [1.29, 1.82) is 0 Å². The van der Waals surface area contributed by atoms with Crippen LogP contribution in [0.15, 0.2) is 82.9 Å². The molecule has 0 saturated carbocycles. The Kier molecular flexibility index (Phi) is 41.1. The van der Waals surface area contributed by atoms with Crippen molar-refractivity contribution >= 4 is 79.9 Å². The molecule has 1 aromatic heterocycles. The van der Waals surface area contributed by atoms with Crippen LogP contribution in [0.25, 0.3) is 0 Å². The zero-order valence-electron chi connectivity index (χ0n) is 56.0. The minimum atomic E-state index is -1.16. The van der Waals surface area contributed by atoms with Gasteiger partial charge in [0.1, 0.15) is 52.2 Å². The first-order valence-electron chi connectivity index (χ1n) is 29.9. The number of hydrogen-bond acceptors (Lipinski definition) is 13. The molecule has 4 aliphatic rings. The lowest BCUT2D eigenvalue weighted by Gasteiger charge is -2.46. The number of nitrogens with zero attached hydrogens (tertiary/aromatic N) is 5. The van der Waals surface area contributed by atoms with Crippen LogP contribution in [0.1, 0.15) is 66.9 Å². The largest absolute Gasteiger partial charge is 0.481 e. The van der Waals surface area contributed by atoms with E-state index in [0.29, 0.717) is 45.8 Å². The first-order valence-corrected chi connectivity index (χ1v) is 33.0. The smallest absolute Gasteiger partial charge is 0.300 e. The lowest BCUT2D eigenvalue weighted by Crippen LogP contribution is -2.52. The highest BCUT2D eigenvalue weighted by Gasteiger charge is 2.52. The third-order valence-electron chi connectivity index (χ3n) is 12.8. The van der Waals surface area contributed by atoms with Crippen molar-refractivity contribution in [3.63, 3.8) is 0 Å². The molecule has 514 valence electrons. The van der Waals surface area contributed by atoms with Crippen molar-refractivity contribution in [3.05, 3.63) is 119 Å². The molecular formula is C83H52BrClF4N8O6S2. The molecule has 2 saturated heterocycles. The molecule has 8 rings (SSSR count). The van der Waals surface area contributed by atoms with Crippen LogP contribution >= 0.6 is 51.9 Å². The van der Waals surface area contributed by atoms with Gasteiger partial charge in [0.05, 0.1) is 24.7 Å². The first kappa shape index (κ1) is 86.0. The second-order valence-electron chi connectivity index (χ2n) is 19.7. The summed E-state index contributed by atoms with van der Waals surface area (Å²) >= 11 is 5.94. The zero-order valence-corrected chi connectivity index (χ0v) is 60.0. The number of thioether (sulfide) groups is 2. The number of ether oxygens (including phenoxy) is 2. The third kappa shape index (κ3) is 31.9. The van der Waals surface area contributed by atoms with E-state index in [4.69, 9.17) is 42.3 Å². The van der Waals surface area contributed by atoms with Crippen molar-refractivity contribution < 1.29 is 46.5 Å². The highest BCUT2D eigenvalue weighted by molar-refractivity contribution is 9.09. The van der Waals surface area contributed by atoms with Gasteiger partial charge in [-0.25, -0.2) is 27.5 Å². The predicted octanol–water partition coefficient (Wildman–Crippen LogP) is 7.37. The summed E-state index contributed by atoms with van der Waals surface area (Å²) in [6.07, 6.45) is 6.73. The number of fused-ring (bicyclic) bond motifs is 2. The van der Waals surface area contributed by atoms with Crippen molar-refractivity contribution in [2.75, 3.05) is 36.6 Å². The summed E-state index contributed by atoms with van der Waals surface area (Å²) in [5.74, 6) is 93.9. The van der Waals surface area contributed by atoms with Gasteiger partial charge in [-0.2, -0.15) is 15.0 Å².